The van der Waals surface area contributed by atoms with Crippen molar-refractivity contribution in [2.75, 3.05) is 0 Å². The van der Waals surface area contributed by atoms with Gasteiger partial charge < -0.3 is 4.74 Å². The number of allylic oxidation sites excluding steroid dienone is 4. The van der Waals surface area contributed by atoms with E-state index in [2.05, 4.69) is 13.8 Å². The zero-order valence-corrected chi connectivity index (χ0v) is 8.04. The third kappa shape index (κ3) is 1.53. The summed E-state index contributed by atoms with van der Waals surface area (Å²) in [4.78, 5) is 10.6. The molecule has 1 aliphatic heterocycles. The lowest BCUT2D eigenvalue weighted by atomic mass is 9.88. The van der Waals surface area contributed by atoms with Crippen LogP contribution in [0.2, 0.25) is 0 Å². The second-order valence-corrected chi connectivity index (χ2v) is 4.40. The maximum absolute atomic E-state index is 10.6. The monoisotopic (exact) mass is 178 g/mol. The molecule has 0 radical (unpaired) electrons. The molecule has 0 amide bonds. The first-order chi connectivity index (χ1) is 6.11. The average Bonchev–Trinajstić information content (AvgIpc) is 2.36. The Labute approximate surface area is 78.3 Å². The van der Waals surface area contributed by atoms with Gasteiger partial charge in [0.15, 0.2) is 0 Å². The fraction of sp³-hybridized carbons (Fsp3) is 0.545. The summed E-state index contributed by atoms with van der Waals surface area (Å²) >= 11 is 0. The molecule has 0 saturated carbocycles. The van der Waals surface area contributed by atoms with Gasteiger partial charge in [0.25, 0.3) is 0 Å². The first-order valence-electron chi connectivity index (χ1n) is 4.66. The summed E-state index contributed by atoms with van der Waals surface area (Å²) in [5.41, 5.74) is 0.831. The standard InChI is InChI=1S/C11H14O2/c1-11(2)6-9-5-8(7-12)3-4-10(9)13-11/h3-4,7,9H,5-6H2,1-2H3. The maximum Gasteiger partial charge on any atom is 0.146 e. The highest BCUT2D eigenvalue weighted by molar-refractivity contribution is 5.74. The summed E-state index contributed by atoms with van der Waals surface area (Å²) in [5, 5.41) is 0. The van der Waals surface area contributed by atoms with Crippen molar-refractivity contribution in [3.05, 3.63) is 23.5 Å². The summed E-state index contributed by atoms with van der Waals surface area (Å²) in [6, 6.07) is 0. The Morgan fingerprint density at radius 1 is 1.54 bits per heavy atom. The lowest BCUT2D eigenvalue weighted by molar-refractivity contribution is -0.105. The minimum atomic E-state index is -0.0529. The molecule has 13 heavy (non-hydrogen) atoms. The van der Waals surface area contributed by atoms with E-state index >= 15 is 0 Å². The Hall–Kier alpha value is -1.05. The number of hydrogen-bond acceptors (Lipinski definition) is 2. The Balaban J connectivity index is 2.20. The zero-order chi connectivity index (χ0) is 9.47. The third-order valence-electron chi connectivity index (χ3n) is 2.63. The molecule has 2 heteroatoms. The van der Waals surface area contributed by atoms with Crippen LogP contribution in [0.5, 0.6) is 0 Å². The van der Waals surface area contributed by atoms with Crippen LogP contribution < -0.4 is 0 Å². The van der Waals surface area contributed by atoms with Gasteiger partial charge in [-0.2, -0.15) is 0 Å². The molecule has 0 aromatic heterocycles. The highest BCUT2D eigenvalue weighted by Gasteiger charge is 2.37. The quantitative estimate of drug-likeness (QED) is 0.575. The van der Waals surface area contributed by atoms with Gasteiger partial charge in [0.05, 0.1) is 0 Å². The number of carbonyl (C=O) groups excluding carboxylic acids is 1. The molecule has 0 aromatic rings. The molecule has 0 spiro atoms. The van der Waals surface area contributed by atoms with Gasteiger partial charge in [-0.15, -0.1) is 0 Å². The van der Waals surface area contributed by atoms with E-state index in [9.17, 15) is 4.79 Å². The normalized spacial score (nSPS) is 29.8. The molecule has 1 saturated heterocycles. The number of ether oxygens (including phenoxy) is 1. The summed E-state index contributed by atoms with van der Waals surface area (Å²) in [6.45, 7) is 4.18. The highest BCUT2D eigenvalue weighted by atomic mass is 16.5. The van der Waals surface area contributed by atoms with E-state index in [1.54, 1.807) is 0 Å². The molecule has 0 aromatic carbocycles. The lowest BCUT2D eigenvalue weighted by Gasteiger charge is -2.16. The first-order valence-corrected chi connectivity index (χ1v) is 4.66. The SMILES string of the molecule is CC1(C)CC2CC(C=O)=CC=C2O1. The molecule has 0 N–H and O–H groups in total. The van der Waals surface area contributed by atoms with Crippen molar-refractivity contribution in [2.45, 2.75) is 32.3 Å². The van der Waals surface area contributed by atoms with Crippen LogP contribution in [0, 0.1) is 5.92 Å². The van der Waals surface area contributed by atoms with Crippen LogP contribution in [0.15, 0.2) is 23.5 Å². The highest BCUT2D eigenvalue weighted by Crippen LogP contribution is 2.42. The minimum Gasteiger partial charge on any atom is -0.492 e. The van der Waals surface area contributed by atoms with Crippen molar-refractivity contribution in [1.82, 2.24) is 0 Å². The van der Waals surface area contributed by atoms with Gasteiger partial charge in [-0.3, -0.25) is 4.79 Å². The summed E-state index contributed by atoms with van der Waals surface area (Å²) in [6.07, 6.45) is 6.61. The average molecular weight is 178 g/mol. The zero-order valence-electron chi connectivity index (χ0n) is 8.04. The van der Waals surface area contributed by atoms with Gasteiger partial charge in [-0.1, -0.05) is 6.08 Å². The van der Waals surface area contributed by atoms with Crippen molar-refractivity contribution in [3.8, 4) is 0 Å². The topological polar surface area (TPSA) is 26.3 Å². The summed E-state index contributed by atoms with van der Waals surface area (Å²) < 4.78 is 5.75. The van der Waals surface area contributed by atoms with E-state index in [-0.39, 0.29) is 5.60 Å². The van der Waals surface area contributed by atoms with Crippen LogP contribution in [0.3, 0.4) is 0 Å². The lowest BCUT2D eigenvalue weighted by Crippen LogP contribution is -2.16. The molecule has 1 atom stereocenters. The van der Waals surface area contributed by atoms with Crippen molar-refractivity contribution < 1.29 is 9.53 Å². The van der Waals surface area contributed by atoms with Crippen LogP contribution in [0.25, 0.3) is 0 Å². The predicted molar refractivity (Wildman–Crippen MR) is 50.1 cm³/mol. The fourth-order valence-corrected chi connectivity index (χ4v) is 2.11. The van der Waals surface area contributed by atoms with Crippen molar-refractivity contribution in [3.63, 3.8) is 0 Å². The minimum absolute atomic E-state index is 0.0529. The predicted octanol–water partition coefficient (Wildman–Crippen LogP) is 2.21. The molecular weight excluding hydrogens is 164 g/mol. The largest absolute Gasteiger partial charge is 0.492 e. The summed E-state index contributed by atoms with van der Waals surface area (Å²) in [7, 11) is 0. The Morgan fingerprint density at radius 2 is 2.31 bits per heavy atom. The van der Waals surface area contributed by atoms with Gasteiger partial charge in [0, 0.05) is 5.92 Å². The van der Waals surface area contributed by atoms with Crippen molar-refractivity contribution in [2.24, 2.45) is 5.92 Å². The van der Waals surface area contributed by atoms with Gasteiger partial charge in [-0.05, 0) is 38.3 Å². The van der Waals surface area contributed by atoms with Crippen LogP contribution >= 0.6 is 0 Å². The molecule has 2 rings (SSSR count). The van der Waals surface area contributed by atoms with E-state index in [1.807, 2.05) is 12.2 Å². The van der Waals surface area contributed by atoms with Crippen LogP contribution in [-0.2, 0) is 9.53 Å². The first kappa shape index (κ1) is 8.54. The smallest absolute Gasteiger partial charge is 0.146 e. The molecule has 0 bridgehead atoms. The van der Waals surface area contributed by atoms with Crippen molar-refractivity contribution in [1.29, 1.82) is 0 Å². The van der Waals surface area contributed by atoms with Gasteiger partial charge in [0.2, 0.25) is 0 Å². The number of rotatable bonds is 1. The van der Waals surface area contributed by atoms with Gasteiger partial charge >= 0.3 is 0 Å². The molecule has 1 unspecified atom stereocenters. The molecule has 2 nitrogen and oxygen atoms in total. The Morgan fingerprint density at radius 3 is 3.00 bits per heavy atom. The van der Waals surface area contributed by atoms with Crippen LogP contribution in [0.1, 0.15) is 26.7 Å². The van der Waals surface area contributed by atoms with E-state index < -0.39 is 0 Å². The van der Waals surface area contributed by atoms with E-state index in [4.69, 9.17) is 4.74 Å². The maximum atomic E-state index is 10.6. The van der Waals surface area contributed by atoms with Crippen LogP contribution in [0.4, 0.5) is 0 Å². The number of aldehydes is 1. The Kier molecular flexibility index (Phi) is 1.79. The third-order valence-corrected chi connectivity index (χ3v) is 2.63. The Bertz CT molecular complexity index is 297. The molecular formula is C11H14O2. The van der Waals surface area contributed by atoms with Gasteiger partial charge in [-0.25, -0.2) is 0 Å². The van der Waals surface area contributed by atoms with Gasteiger partial charge in [0.1, 0.15) is 17.6 Å². The van der Waals surface area contributed by atoms with Crippen LogP contribution in [-0.4, -0.2) is 11.9 Å². The molecule has 1 heterocycles. The molecule has 2 aliphatic rings. The number of carbonyl (C=O) groups is 1. The second kappa shape index (κ2) is 2.72. The van der Waals surface area contributed by atoms with Crippen molar-refractivity contribution >= 4 is 6.29 Å². The second-order valence-electron chi connectivity index (χ2n) is 4.40. The number of hydrogen-bond donors (Lipinski definition) is 0. The molecule has 70 valence electrons. The van der Waals surface area contributed by atoms with E-state index in [1.165, 1.54) is 0 Å². The number of fused-ring (bicyclic) bond motifs is 1. The molecule has 1 fully saturated rings. The fourth-order valence-electron chi connectivity index (χ4n) is 2.11. The summed E-state index contributed by atoms with van der Waals surface area (Å²) in [5.74, 6) is 1.48. The van der Waals surface area contributed by atoms with E-state index in [0.29, 0.717) is 5.92 Å². The van der Waals surface area contributed by atoms with E-state index in [0.717, 1.165) is 30.5 Å². The molecule has 1 aliphatic carbocycles.